The second-order valence-electron chi connectivity index (χ2n) is 2.82. The number of hydrogen-bond donors (Lipinski definition) is 0. The average molecular weight is 239 g/mol. The van der Waals surface area contributed by atoms with E-state index >= 15 is 0 Å². The normalized spacial score (nSPS) is 10.6. The minimum Gasteiger partial charge on any atom is -0.335 e. The summed E-state index contributed by atoms with van der Waals surface area (Å²) in [7, 11) is 1.87. The molecule has 0 bridgehead atoms. The molecule has 0 amide bonds. The van der Waals surface area contributed by atoms with Gasteiger partial charge in [-0.05, 0) is 28.1 Å². The Morgan fingerprint density at radius 1 is 1.54 bits per heavy atom. The second-order valence-corrected chi connectivity index (χ2v) is 3.63. The molecule has 2 heterocycles. The van der Waals surface area contributed by atoms with Crippen molar-refractivity contribution in [3.05, 3.63) is 28.5 Å². The maximum absolute atomic E-state index is 10.7. The molecular weight excluding hydrogens is 232 g/mol. The van der Waals surface area contributed by atoms with E-state index < -0.39 is 0 Å². The van der Waals surface area contributed by atoms with Gasteiger partial charge in [-0.15, -0.1) is 0 Å². The van der Waals surface area contributed by atoms with Crippen molar-refractivity contribution in [3.8, 4) is 0 Å². The van der Waals surface area contributed by atoms with E-state index in [2.05, 4.69) is 20.9 Å². The molecule has 2 aromatic rings. The van der Waals surface area contributed by atoms with Crippen LogP contribution in [0.1, 0.15) is 10.4 Å². The number of aldehydes is 1. The van der Waals surface area contributed by atoms with Crippen LogP contribution in [0.15, 0.2) is 22.9 Å². The van der Waals surface area contributed by atoms with Crippen LogP contribution in [0.5, 0.6) is 0 Å². The number of carbonyl (C=O) groups is 1. The van der Waals surface area contributed by atoms with Gasteiger partial charge in [-0.25, -0.2) is 4.98 Å². The molecule has 0 radical (unpaired) electrons. The van der Waals surface area contributed by atoms with E-state index in [1.165, 1.54) is 0 Å². The molecule has 0 saturated heterocycles. The van der Waals surface area contributed by atoms with Crippen molar-refractivity contribution in [2.75, 3.05) is 0 Å². The van der Waals surface area contributed by atoms with Crippen molar-refractivity contribution < 1.29 is 4.79 Å². The number of halogens is 1. The number of nitrogens with zero attached hydrogens (tertiary/aromatic N) is 2. The molecule has 0 N–H and O–H groups in total. The fourth-order valence-electron chi connectivity index (χ4n) is 1.35. The van der Waals surface area contributed by atoms with E-state index in [-0.39, 0.29) is 0 Å². The Labute approximate surface area is 83.5 Å². The van der Waals surface area contributed by atoms with Crippen molar-refractivity contribution in [1.29, 1.82) is 0 Å². The van der Waals surface area contributed by atoms with Gasteiger partial charge in [-0.1, -0.05) is 0 Å². The molecule has 0 atom stereocenters. The molecule has 0 aliphatic rings. The predicted molar refractivity (Wildman–Crippen MR) is 53.8 cm³/mol. The molecule has 0 saturated carbocycles. The number of rotatable bonds is 1. The lowest BCUT2D eigenvalue weighted by atomic mass is 10.2. The van der Waals surface area contributed by atoms with Crippen molar-refractivity contribution in [2.45, 2.75) is 0 Å². The Kier molecular flexibility index (Phi) is 1.92. The van der Waals surface area contributed by atoms with Crippen LogP contribution >= 0.6 is 15.9 Å². The van der Waals surface area contributed by atoms with Crippen LogP contribution in [0.3, 0.4) is 0 Å². The molecule has 2 aromatic heterocycles. The van der Waals surface area contributed by atoms with Crippen molar-refractivity contribution in [2.24, 2.45) is 7.05 Å². The van der Waals surface area contributed by atoms with Crippen LogP contribution in [-0.2, 0) is 7.05 Å². The van der Waals surface area contributed by atoms with E-state index in [9.17, 15) is 4.79 Å². The van der Waals surface area contributed by atoms with Crippen LogP contribution in [0.4, 0.5) is 0 Å². The quantitative estimate of drug-likeness (QED) is 0.564. The van der Waals surface area contributed by atoms with Gasteiger partial charge in [0.15, 0.2) is 6.29 Å². The van der Waals surface area contributed by atoms with E-state index in [0.717, 1.165) is 21.9 Å². The first kappa shape index (κ1) is 8.44. The molecule has 3 nitrogen and oxygen atoms in total. The third-order valence-corrected chi connectivity index (χ3v) is 2.39. The molecule has 66 valence electrons. The number of aromatic nitrogens is 2. The lowest BCUT2D eigenvalue weighted by Gasteiger charge is -1.94. The zero-order chi connectivity index (χ0) is 9.42. The minimum absolute atomic E-state index is 0.678. The maximum atomic E-state index is 10.7. The average Bonchev–Trinajstić information content (AvgIpc) is 2.43. The lowest BCUT2D eigenvalue weighted by molar-refractivity contribution is 0.112. The summed E-state index contributed by atoms with van der Waals surface area (Å²) in [5.74, 6) is 0. The Morgan fingerprint density at radius 3 is 3.00 bits per heavy atom. The van der Waals surface area contributed by atoms with Crippen LogP contribution < -0.4 is 0 Å². The van der Waals surface area contributed by atoms with E-state index in [4.69, 9.17) is 0 Å². The van der Waals surface area contributed by atoms with Gasteiger partial charge in [0.1, 0.15) is 10.3 Å². The fourth-order valence-corrected chi connectivity index (χ4v) is 1.65. The lowest BCUT2D eigenvalue weighted by Crippen LogP contribution is -1.87. The number of carbonyl (C=O) groups excluding carboxylic acids is 1. The van der Waals surface area contributed by atoms with Crippen LogP contribution in [-0.4, -0.2) is 15.8 Å². The minimum atomic E-state index is 0.678. The monoisotopic (exact) mass is 238 g/mol. The molecule has 13 heavy (non-hydrogen) atoms. The summed E-state index contributed by atoms with van der Waals surface area (Å²) in [5, 5.41) is 0.890. The van der Waals surface area contributed by atoms with Gasteiger partial charge in [-0.2, -0.15) is 0 Å². The molecule has 0 spiro atoms. The first-order valence-electron chi connectivity index (χ1n) is 3.79. The third kappa shape index (κ3) is 1.27. The summed E-state index contributed by atoms with van der Waals surface area (Å²) < 4.78 is 2.61. The molecule has 0 fully saturated rings. The van der Waals surface area contributed by atoms with Crippen LogP contribution in [0.2, 0.25) is 0 Å². The van der Waals surface area contributed by atoms with Gasteiger partial charge in [0.2, 0.25) is 0 Å². The predicted octanol–water partition coefficient (Wildman–Crippen LogP) is 2.15. The number of fused-ring (bicyclic) bond motifs is 1. The Bertz CT molecular complexity index is 476. The summed E-state index contributed by atoms with van der Waals surface area (Å²) in [6.45, 7) is 0. The second kappa shape index (κ2) is 2.96. The van der Waals surface area contributed by atoms with Gasteiger partial charge in [0.25, 0.3) is 0 Å². The van der Waals surface area contributed by atoms with E-state index in [0.29, 0.717) is 5.56 Å². The van der Waals surface area contributed by atoms with E-state index in [1.807, 2.05) is 23.7 Å². The zero-order valence-electron chi connectivity index (χ0n) is 6.99. The Morgan fingerprint density at radius 2 is 2.31 bits per heavy atom. The fraction of sp³-hybridized carbons (Fsp3) is 0.111. The zero-order valence-corrected chi connectivity index (χ0v) is 8.58. The number of hydrogen-bond acceptors (Lipinski definition) is 2. The smallest absolute Gasteiger partial charge is 0.152 e. The number of pyridine rings is 1. The highest BCUT2D eigenvalue weighted by molar-refractivity contribution is 9.10. The Balaban J connectivity index is 2.88. The number of aryl methyl sites for hydroxylation is 1. The SMILES string of the molecule is Cn1cc(C=O)c2ccc(Br)nc21. The largest absolute Gasteiger partial charge is 0.335 e. The maximum Gasteiger partial charge on any atom is 0.152 e. The Hall–Kier alpha value is -1.16. The molecule has 0 aromatic carbocycles. The third-order valence-electron chi connectivity index (χ3n) is 1.95. The highest BCUT2D eigenvalue weighted by Crippen LogP contribution is 2.19. The molecule has 4 heteroatoms. The van der Waals surface area contributed by atoms with Gasteiger partial charge < -0.3 is 4.57 Å². The topological polar surface area (TPSA) is 34.9 Å². The highest BCUT2D eigenvalue weighted by Gasteiger charge is 2.06. The van der Waals surface area contributed by atoms with Gasteiger partial charge in [0, 0.05) is 24.2 Å². The molecule has 2 rings (SSSR count). The summed E-state index contributed by atoms with van der Waals surface area (Å²) in [6, 6.07) is 3.71. The molecule has 0 aliphatic heterocycles. The molecule has 0 unspecified atom stereocenters. The standard InChI is InChI=1S/C9H7BrN2O/c1-12-4-6(5-13)7-2-3-8(10)11-9(7)12/h2-5H,1H3. The first-order chi connectivity index (χ1) is 6.22. The molecule has 0 aliphatic carbocycles. The van der Waals surface area contributed by atoms with Gasteiger partial charge in [-0.3, -0.25) is 4.79 Å². The summed E-state index contributed by atoms with van der Waals surface area (Å²) in [4.78, 5) is 14.9. The van der Waals surface area contributed by atoms with E-state index in [1.54, 1.807) is 6.20 Å². The van der Waals surface area contributed by atoms with Gasteiger partial charge in [0.05, 0.1) is 0 Å². The van der Waals surface area contributed by atoms with Crippen molar-refractivity contribution in [3.63, 3.8) is 0 Å². The summed E-state index contributed by atoms with van der Waals surface area (Å²) >= 11 is 3.28. The van der Waals surface area contributed by atoms with Crippen LogP contribution in [0.25, 0.3) is 11.0 Å². The summed E-state index contributed by atoms with van der Waals surface area (Å²) in [5.41, 5.74) is 1.49. The van der Waals surface area contributed by atoms with Crippen molar-refractivity contribution >= 4 is 33.2 Å². The summed E-state index contributed by atoms with van der Waals surface area (Å²) in [6.07, 6.45) is 2.62. The molecular formula is C9H7BrN2O. The van der Waals surface area contributed by atoms with Gasteiger partial charge >= 0.3 is 0 Å². The highest BCUT2D eigenvalue weighted by atomic mass is 79.9. The first-order valence-corrected chi connectivity index (χ1v) is 4.58. The van der Waals surface area contributed by atoms with Crippen molar-refractivity contribution in [1.82, 2.24) is 9.55 Å². The van der Waals surface area contributed by atoms with Crippen LogP contribution in [0, 0.1) is 0 Å².